The third-order valence-corrected chi connectivity index (χ3v) is 4.22. The van der Waals surface area contributed by atoms with E-state index < -0.39 is 0 Å². The lowest BCUT2D eigenvalue weighted by atomic mass is 10.2. The molecular formula is C18H21N3O. The summed E-state index contributed by atoms with van der Waals surface area (Å²) in [6.07, 6.45) is 3.56. The maximum atomic E-state index is 12.6. The monoisotopic (exact) mass is 295 g/mol. The van der Waals surface area contributed by atoms with Crippen molar-refractivity contribution >= 4 is 11.6 Å². The molecule has 1 atom stereocenters. The number of carbonyl (C=O) groups is 1. The highest BCUT2D eigenvalue weighted by molar-refractivity contribution is 5.99. The van der Waals surface area contributed by atoms with E-state index in [1.54, 1.807) is 0 Å². The van der Waals surface area contributed by atoms with Crippen molar-refractivity contribution in [3.63, 3.8) is 0 Å². The molecule has 0 spiro atoms. The summed E-state index contributed by atoms with van der Waals surface area (Å²) in [7, 11) is 2.03. The van der Waals surface area contributed by atoms with Crippen LogP contribution in [0.3, 0.4) is 0 Å². The Morgan fingerprint density at radius 1 is 1.18 bits per heavy atom. The van der Waals surface area contributed by atoms with Gasteiger partial charge in [0.15, 0.2) is 0 Å². The number of pyridine rings is 1. The maximum absolute atomic E-state index is 12.6. The highest BCUT2D eigenvalue weighted by atomic mass is 16.2. The second-order valence-electron chi connectivity index (χ2n) is 5.68. The van der Waals surface area contributed by atoms with E-state index in [1.165, 1.54) is 0 Å². The normalized spacial score (nSPS) is 18.2. The van der Waals surface area contributed by atoms with Gasteiger partial charge >= 0.3 is 0 Å². The summed E-state index contributed by atoms with van der Waals surface area (Å²) < 4.78 is 0. The van der Waals surface area contributed by atoms with Gasteiger partial charge in [-0.2, -0.15) is 0 Å². The van der Waals surface area contributed by atoms with Crippen LogP contribution < -0.4 is 4.90 Å². The van der Waals surface area contributed by atoms with Gasteiger partial charge < -0.3 is 4.90 Å². The molecule has 22 heavy (non-hydrogen) atoms. The van der Waals surface area contributed by atoms with Crippen molar-refractivity contribution in [1.82, 2.24) is 9.88 Å². The van der Waals surface area contributed by atoms with Crippen LogP contribution in [-0.2, 0) is 11.2 Å². The minimum atomic E-state index is -0.0241. The Kier molecular flexibility index (Phi) is 4.49. The molecule has 1 amide bonds. The van der Waals surface area contributed by atoms with E-state index >= 15 is 0 Å². The first kappa shape index (κ1) is 14.7. The summed E-state index contributed by atoms with van der Waals surface area (Å²) >= 11 is 0. The number of benzene rings is 1. The lowest BCUT2D eigenvalue weighted by Crippen LogP contribution is -2.40. The summed E-state index contributed by atoms with van der Waals surface area (Å²) in [6.45, 7) is 1.64. The molecule has 1 fully saturated rings. The smallest absolute Gasteiger partial charge is 0.244 e. The molecule has 1 saturated heterocycles. The fourth-order valence-electron chi connectivity index (χ4n) is 2.93. The summed E-state index contributed by atoms with van der Waals surface area (Å²) in [6, 6.07) is 15.8. The molecule has 0 radical (unpaired) electrons. The van der Waals surface area contributed by atoms with E-state index in [9.17, 15) is 4.79 Å². The second-order valence-corrected chi connectivity index (χ2v) is 5.68. The van der Waals surface area contributed by atoms with Gasteiger partial charge in [0, 0.05) is 37.1 Å². The summed E-state index contributed by atoms with van der Waals surface area (Å²) in [5, 5.41) is 0. The van der Waals surface area contributed by atoms with Gasteiger partial charge in [-0.25, -0.2) is 0 Å². The molecule has 4 heteroatoms. The minimum Gasteiger partial charge on any atom is -0.311 e. The zero-order chi connectivity index (χ0) is 15.4. The Hall–Kier alpha value is -2.20. The Bertz CT molecular complexity index is 615. The van der Waals surface area contributed by atoms with Crippen molar-refractivity contribution in [2.24, 2.45) is 0 Å². The number of amides is 1. The largest absolute Gasteiger partial charge is 0.311 e. The number of carbonyl (C=O) groups excluding carboxylic acids is 1. The van der Waals surface area contributed by atoms with Crippen LogP contribution in [0.4, 0.5) is 5.69 Å². The molecule has 0 unspecified atom stereocenters. The summed E-state index contributed by atoms with van der Waals surface area (Å²) in [5.41, 5.74) is 2.06. The van der Waals surface area contributed by atoms with Crippen LogP contribution in [0.2, 0.25) is 0 Å². The lowest BCUT2D eigenvalue weighted by molar-refractivity contribution is -0.121. The molecule has 114 valence electrons. The van der Waals surface area contributed by atoms with Gasteiger partial charge in [0.25, 0.3) is 0 Å². The number of rotatable bonds is 5. The van der Waals surface area contributed by atoms with Gasteiger partial charge in [-0.15, -0.1) is 0 Å². The van der Waals surface area contributed by atoms with Crippen molar-refractivity contribution in [3.8, 4) is 0 Å². The van der Waals surface area contributed by atoms with Gasteiger partial charge in [-0.3, -0.25) is 14.7 Å². The van der Waals surface area contributed by atoms with Gasteiger partial charge in [-0.05, 0) is 37.7 Å². The van der Waals surface area contributed by atoms with E-state index in [0.29, 0.717) is 0 Å². The molecule has 1 aromatic heterocycles. The average molecular weight is 295 g/mol. The Labute approximate surface area is 131 Å². The number of nitrogens with zero attached hydrogens (tertiary/aromatic N) is 3. The number of likely N-dealkylation sites (N-methyl/N-ethyl adjacent to an activating group) is 1. The third-order valence-electron chi connectivity index (χ3n) is 4.22. The van der Waals surface area contributed by atoms with Crippen LogP contribution in [0.25, 0.3) is 0 Å². The number of aromatic nitrogens is 1. The molecular weight excluding hydrogens is 274 g/mol. The molecule has 2 heterocycles. The Morgan fingerprint density at radius 2 is 1.95 bits per heavy atom. The first-order valence-electron chi connectivity index (χ1n) is 7.72. The average Bonchev–Trinajstić information content (AvgIpc) is 2.96. The molecule has 4 nitrogen and oxygen atoms in total. The fourth-order valence-corrected chi connectivity index (χ4v) is 2.93. The number of hydrogen-bond donors (Lipinski definition) is 0. The molecule has 0 N–H and O–H groups in total. The van der Waals surface area contributed by atoms with Crippen molar-refractivity contribution in [3.05, 3.63) is 60.4 Å². The van der Waals surface area contributed by atoms with Crippen LogP contribution in [0.5, 0.6) is 0 Å². The highest BCUT2D eigenvalue weighted by Crippen LogP contribution is 2.23. The second kappa shape index (κ2) is 6.71. The Balaban J connectivity index is 1.60. The molecule has 1 aliphatic heterocycles. The van der Waals surface area contributed by atoms with Crippen LogP contribution in [0.15, 0.2) is 54.7 Å². The van der Waals surface area contributed by atoms with Crippen LogP contribution in [0, 0.1) is 0 Å². The van der Waals surface area contributed by atoms with E-state index in [-0.39, 0.29) is 11.9 Å². The van der Waals surface area contributed by atoms with Crippen molar-refractivity contribution in [2.45, 2.75) is 18.9 Å². The molecule has 0 saturated carbocycles. The van der Waals surface area contributed by atoms with Crippen LogP contribution >= 0.6 is 0 Å². The summed E-state index contributed by atoms with van der Waals surface area (Å²) in [5.74, 6) is 0.203. The van der Waals surface area contributed by atoms with Gasteiger partial charge in [0.1, 0.15) is 0 Å². The minimum absolute atomic E-state index is 0.0241. The maximum Gasteiger partial charge on any atom is 0.244 e. The van der Waals surface area contributed by atoms with Gasteiger partial charge in [0.05, 0.1) is 6.04 Å². The van der Waals surface area contributed by atoms with Crippen molar-refractivity contribution in [1.29, 1.82) is 0 Å². The first-order chi connectivity index (χ1) is 10.8. The molecule has 2 aromatic rings. The SMILES string of the molecule is CN(CCc1ccccn1)[C@@H]1CCN(c2ccccc2)C1=O. The summed E-state index contributed by atoms with van der Waals surface area (Å²) in [4.78, 5) is 21.0. The van der Waals surface area contributed by atoms with Gasteiger partial charge in [-0.1, -0.05) is 24.3 Å². The van der Waals surface area contributed by atoms with Crippen LogP contribution in [0.1, 0.15) is 12.1 Å². The zero-order valence-electron chi connectivity index (χ0n) is 12.9. The van der Waals surface area contributed by atoms with Gasteiger partial charge in [0.2, 0.25) is 5.91 Å². The Morgan fingerprint density at radius 3 is 2.68 bits per heavy atom. The first-order valence-corrected chi connectivity index (χ1v) is 7.72. The van der Waals surface area contributed by atoms with Crippen molar-refractivity contribution < 1.29 is 4.79 Å². The topological polar surface area (TPSA) is 36.4 Å². The lowest BCUT2D eigenvalue weighted by Gasteiger charge is -2.23. The van der Waals surface area contributed by atoms with E-state index in [1.807, 2.05) is 66.7 Å². The van der Waals surface area contributed by atoms with E-state index in [4.69, 9.17) is 0 Å². The quantitative estimate of drug-likeness (QED) is 0.849. The van der Waals surface area contributed by atoms with E-state index in [2.05, 4.69) is 9.88 Å². The molecule has 0 bridgehead atoms. The molecule has 1 aromatic carbocycles. The number of hydrogen-bond acceptors (Lipinski definition) is 3. The molecule has 0 aliphatic carbocycles. The predicted molar refractivity (Wildman–Crippen MR) is 87.8 cm³/mol. The van der Waals surface area contributed by atoms with Crippen LogP contribution in [-0.4, -0.2) is 42.0 Å². The van der Waals surface area contributed by atoms with E-state index in [0.717, 1.165) is 37.3 Å². The number of anilines is 1. The number of para-hydroxylation sites is 1. The molecule has 1 aliphatic rings. The molecule has 3 rings (SSSR count). The fraction of sp³-hybridized carbons (Fsp3) is 0.333. The highest BCUT2D eigenvalue weighted by Gasteiger charge is 2.34. The third kappa shape index (κ3) is 3.17. The van der Waals surface area contributed by atoms with Crippen molar-refractivity contribution in [2.75, 3.05) is 25.0 Å². The zero-order valence-corrected chi connectivity index (χ0v) is 12.9. The predicted octanol–water partition coefficient (Wildman–Crippen LogP) is 2.36. The standard InChI is InChI=1S/C18H21N3O/c1-20(13-10-15-7-5-6-12-19-15)17-11-14-21(18(17)22)16-8-3-2-4-9-16/h2-9,12,17H,10-11,13-14H2,1H3/t17-/m1/s1.